The zero-order chi connectivity index (χ0) is 16.6. The molecule has 0 bridgehead atoms. The van der Waals surface area contributed by atoms with Crippen molar-refractivity contribution in [2.24, 2.45) is 11.8 Å². The molecule has 2 fully saturated rings. The lowest BCUT2D eigenvalue weighted by molar-refractivity contribution is -0.142. The second-order valence-corrected chi connectivity index (χ2v) is 7.18. The van der Waals surface area contributed by atoms with Gasteiger partial charge in [-0.1, -0.05) is 19.9 Å². The molecule has 1 aromatic heterocycles. The molecule has 124 valence electrons. The summed E-state index contributed by atoms with van der Waals surface area (Å²) in [6.45, 7) is 8.16. The zero-order valence-corrected chi connectivity index (χ0v) is 14.1. The molecule has 3 heterocycles. The maximum absolute atomic E-state index is 12.9. The fourth-order valence-electron chi connectivity index (χ4n) is 4.06. The Bertz CT molecular complexity index is 579. The third-order valence-electron chi connectivity index (χ3n) is 5.05. The molecular weight excluding hydrogens is 290 g/mol. The largest absolute Gasteiger partial charge is 0.291 e. The number of imide groups is 1. The average Bonchev–Trinajstić information content (AvgIpc) is 2.81. The van der Waals surface area contributed by atoms with Crippen LogP contribution in [0.15, 0.2) is 24.5 Å². The van der Waals surface area contributed by atoms with Gasteiger partial charge in [-0.25, -0.2) is 0 Å². The first-order valence-corrected chi connectivity index (χ1v) is 8.47. The van der Waals surface area contributed by atoms with Crippen molar-refractivity contribution in [2.75, 3.05) is 13.1 Å². The van der Waals surface area contributed by atoms with E-state index in [9.17, 15) is 9.59 Å². The number of pyridine rings is 1. The summed E-state index contributed by atoms with van der Waals surface area (Å²) in [6.07, 6.45) is 4.93. The number of piperidine rings is 1. The number of hydrogen-bond acceptors (Lipinski definition) is 4. The Morgan fingerprint density at radius 2 is 1.91 bits per heavy atom. The fraction of sp³-hybridized carbons (Fsp3) is 0.611. The van der Waals surface area contributed by atoms with Crippen LogP contribution >= 0.6 is 0 Å². The monoisotopic (exact) mass is 315 g/mol. The number of nitrogens with zero attached hydrogens (tertiary/aromatic N) is 3. The van der Waals surface area contributed by atoms with Gasteiger partial charge in [0.05, 0.1) is 18.5 Å². The summed E-state index contributed by atoms with van der Waals surface area (Å²) in [5.41, 5.74) is 0.898. The van der Waals surface area contributed by atoms with Crippen LogP contribution in [-0.2, 0) is 9.59 Å². The Morgan fingerprint density at radius 3 is 2.52 bits per heavy atom. The van der Waals surface area contributed by atoms with Crippen LogP contribution in [0.1, 0.15) is 45.2 Å². The van der Waals surface area contributed by atoms with Crippen molar-refractivity contribution in [3.8, 4) is 0 Å². The van der Waals surface area contributed by atoms with Crippen molar-refractivity contribution in [3.63, 3.8) is 0 Å². The number of likely N-dealkylation sites (tertiary alicyclic amines) is 2. The molecule has 0 aromatic carbocycles. The van der Waals surface area contributed by atoms with E-state index in [1.165, 1.54) is 11.3 Å². The quantitative estimate of drug-likeness (QED) is 0.803. The Hall–Kier alpha value is -1.75. The van der Waals surface area contributed by atoms with Crippen LogP contribution in [0.3, 0.4) is 0 Å². The molecule has 0 N–H and O–H groups in total. The molecule has 0 radical (unpaired) electrons. The first-order chi connectivity index (χ1) is 11.0. The highest BCUT2D eigenvalue weighted by molar-refractivity contribution is 6.05. The first-order valence-electron chi connectivity index (χ1n) is 8.47. The summed E-state index contributed by atoms with van der Waals surface area (Å²) in [7, 11) is 0. The van der Waals surface area contributed by atoms with E-state index in [-0.39, 0.29) is 23.9 Å². The molecular formula is C18H25N3O2. The molecule has 5 nitrogen and oxygen atoms in total. The van der Waals surface area contributed by atoms with Crippen molar-refractivity contribution in [2.45, 2.75) is 45.7 Å². The van der Waals surface area contributed by atoms with E-state index in [2.05, 4.69) is 23.7 Å². The summed E-state index contributed by atoms with van der Waals surface area (Å²) in [6, 6.07) is 3.21. The summed E-state index contributed by atoms with van der Waals surface area (Å²) >= 11 is 0. The Morgan fingerprint density at radius 1 is 1.22 bits per heavy atom. The molecule has 23 heavy (non-hydrogen) atoms. The number of rotatable bonds is 3. The van der Waals surface area contributed by atoms with E-state index in [4.69, 9.17) is 0 Å². The SMILES string of the molecule is CC1CC(C)CN(C2CC(=O)N(C(C)c3cccnc3)C2=O)C1. The van der Waals surface area contributed by atoms with Gasteiger partial charge in [-0.15, -0.1) is 0 Å². The molecule has 4 atom stereocenters. The average molecular weight is 315 g/mol. The summed E-state index contributed by atoms with van der Waals surface area (Å²) in [5, 5.41) is 0. The van der Waals surface area contributed by atoms with Crippen molar-refractivity contribution in [3.05, 3.63) is 30.1 Å². The highest BCUT2D eigenvalue weighted by Gasteiger charge is 2.45. The van der Waals surface area contributed by atoms with Crippen LogP contribution in [-0.4, -0.2) is 45.7 Å². The van der Waals surface area contributed by atoms with Gasteiger partial charge in [-0.3, -0.25) is 24.4 Å². The van der Waals surface area contributed by atoms with E-state index >= 15 is 0 Å². The van der Waals surface area contributed by atoms with Crippen molar-refractivity contribution < 1.29 is 9.59 Å². The van der Waals surface area contributed by atoms with Gasteiger partial charge in [0.2, 0.25) is 11.8 Å². The van der Waals surface area contributed by atoms with Crippen LogP contribution in [0, 0.1) is 11.8 Å². The molecule has 0 saturated carbocycles. The predicted molar refractivity (Wildman–Crippen MR) is 87.4 cm³/mol. The van der Waals surface area contributed by atoms with Gasteiger partial charge in [-0.05, 0) is 36.8 Å². The molecule has 3 rings (SSSR count). The molecule has 5 heteroatoms. The third-order valence-corrected chi connectivity index (χ3v) is 5.05. The minimum absolute atomic E-state index is 0.0485. The molecule has 1 aromatic rings. The Kier molecular flexibility index (Phi) is 4.48. The first kappa shape index (κ1) is 16.1. The van der Waals surface area contributed by atoms with Gasteiger partial charge in [0.15, 0.2) is 0 Å². The van der Waals surface area contributed by atoms with Crippen molar-refractivity contribution in [1.82, 2.24) is 14.8 Å². The van der Waals surface area contributed by atoms with Crippen molar-refractivity contribution >= 4 is 11.8 Å². The highest BCUT2D eigenvalue weighted by atomic mass is 16.2. The second-order valence-electron chi connectivity index (χ2n) is 7.18. The van der Waals surface area contributed by atoms with Crippen LogP contribution in [0.2, 0.25) is 0 Å². The van der Waals surface area contributed by atoms with Crippen LogP contribution in [0.5, 0.6) is 0 Å². The maximum Gasteiger partial charge on any atom is 0.247 e. The second kappa shape index (κ2) is 6.40. The third kappa shape index (κ3) is 3.15. The van der Waals surface area contributed by atoms with E-state index < -0.39 is 0 Å². The van der Waals surface area contributed by atoms with Gasteiger partial charge in [0, 0.05) is 25.5 Å². The molecule has 2 saturated heterocycles. The smallest absolute Gasteiger partial charge is 0.247 e. The summed E-state index contributed by atoms with van der Waals surface area (Å²) in [4.78, 5) is 33.1. The van der Waals surface area contributed by atoms with Gasteiger partial charge in [0.1, 0.15) is 0 Å². The number of hydrogen-bond donors (Lipinski definition) is 0. The number of carbonyl (C=O) groups excluding carboxylic acids is 2. The van der Waals surface area contributed by atoms with E-state index in [0.29, 0.717) is 18.3 Å². The van der Waals surface area contributed by atoms with Crippen LogP contribution in [0.4, 0.5) is 0 Å². The van der Waals surface area contributed by atoms with Gasteiger partial charge >= 0.3 is 0 Å². The van der Waals surface area contributed by atoms with E-state index in [1.807, 2.05) is 19.1 Å². The molecule has 0 spiro atoms. The normalized spacial score (nSPS) is 30.7. The lowest BCUT2D eigenvalue weighted by Crippen LogP contribution is -2.48. The highest BCUT2D eigenvalue weighted by Crippen LogP contribution is 2.31. The number of amides is 2. The maximum atomic E-state index is 12.9. The van der Waals surface area contributed by atoms with E-state index in [1.54, 1.807) is 12.4 Å². The minimum Gasteiger partial charge on any atom is -0.291 e. The molecule has 2 aliphatic heterocycles. The molecule has 4 unspecified atom stereocenters. The van der Waals surface area contributed by atoms with Gasteiger partial charge < -0.3 is 0 Å². The Labute approximate surface area is 137 Å². The van der Waals surface area contributed by atoms with Crippen LogP contribution in [0.25, 0.3) is 0 Å². The van der Waals surface area contributed by atoms with E-state index in [0.717, 1.165) is 18.7 Å². The summed E-state index contributed by atoms with van der Waals surface area (Å²) in [5.74, 6) is 1.03. The standard InChI is InChI=1S/C18H25N3O2/c1-12-7-13(2)11-20(10-12)16-8-17(22)21(18(16)23)14(3)15-5-4-6-19-9-15/h4-6,9,12-14,16H,7-8,10-11H2,1-3H3. The zero-order valence-electron chi connectivity index (χ0n) is 14.1. The lowest BCUT2D eigenvalue weighted by Gasteiger charge is -2.37. The molecule has 2 aliphatic rings. The van der Waals surface area contributed by atoms with Crippen LogP contribution < -0.4 is 0 Å². The Balaban J connectivity index is 1.77. The number of aromatic nitrogens is 1. The summed E-state index contributed by atoms with van der Waals surface area (Å²) < 4.78 is 0. The minimum atomic E-state index is -0.285. The molecule has 0 aliphatic carbocycles. The molecule has 2 amide bonds. The topological polar surface area (TPSA) is 53.5 Å². The fourth-order valence-corrected chi connectivity index (χ4v) is 4.06. The van der Waals surface area contributed by atoms with Gasteiger partial charge in [-0.2, -0.15) is 0 Å². The van der Waals surface area contributed by atoms with Gasteiger partial charge in [0.25, 0.3) is 0 Å². The lowest BCUT2D eigenvalue weighted by atomic mass is 9.90. The number of carbonyl (C=O) groups is 2. The van der Waals surface area contributed by atoms with Crippen molar-refractivity contribution in [1.29, 1.82) is 0 Å². The predicted octanol–water partition coefficient (Wildman–Crippen LogP) is 2.25.